The summed E-state index contributed by atoms with van der Waals surface area (Å²) >= 11 is 0. The zero-order valence-electron chi connectivity index (χ0n) is 13.8. The maximum Gasteiger partial charge on any atom is 0.360 e. The molecule has 0 saturated heterocycles. The molecule has 0 atom stereocenters. The van der Waals surface area contributed by atoms with E-state index in [-0.39, 0.29) is 18.1 Å². The topological polar surface area (TPSA) is 77.4 Å². The van der Waals surface area contributed by atoms with E-state index in [9.17, 15) is 9.90 Å². The monoisotopic (exact) mass is 329 g/mol. The van der Waals surface area contributed by atoms with Gasteiger partial charge < -0.3 is 19.4 Å². The van der Waals surface area contributed by atoms with Gasteiger partial charge in [-0.15, -0.1) is 0 Å². The van der Waals surface area contributed by atoms with Crippen LogP contribution in [-0.4, -0.2) is 31.0 Å². The highest BCUT2D eigenvalue weighted by molar-refractivity contribution is 6.43. The molecule has 2 aromatic rings. The van der Waals surface area contributed by atoms with Gasteiger partial charge in [-0.05, 0) is 36.2 Å². The Morgan fingerprint density at radius 3 is 2.58 bits per heavy atom. The van der Waals surface area contributed by atoms with Gasteiger partial charge in [0.15, 0.2) is 5.71 Å². The molecule has 0 saturated carbocycles. The van der Waals surface area contributed by atoms with Crippen LogP contribution in [0.1, 0.15) is 16.7 Å². The van der Waals surface area contributed by atoms with Gasteiger partial charge in [-0.25, -0.2) is 4.79 Å². The maximum atomic E-state index is 11.9. The summed E-state index contributed by atoms with van der Waals surface area (Å²) in [4.78, 5) is 16.7. The van der Waals surface area contributed by atoms with E-state index < -0.39 is 5.97 Å². The smallest absolute Gasteiger partial charge is 0.360 e. The number of aryl methyl sites for hydroxylation is 1. The molecule has 0 bridgehead atoms. The number of nitrogens with zero attached hydrogens (tertiary/aromatic N) is 1. The molecule has 0 unspecified atom stereocenters. The first kappa shape index (κ1) is 17.3. The second-order valence-corrected chi connectivity index (χ2v) is 5.01. The molecular weight excluding hydrogens is 310 g/mol. The Labute approximate surface area is 140 Å². The van der Waals surface area contributed by atoms with Crippen molar-refractivity contribution in [2.45, 2.75) is 13.5 Å². The van der Waals surface area contributed by atoms with Gasteiger partial charge in [-0.3, -0.25) is 0 Å². The zero-order chi connectivity index (χ0) is 17.5. The fraction of sp³-hybridized carbons (Fsp3) is 0.222. The second-order valence-electron chi connectivity index (χ2n) is 5.01. The summed E-state index contributed by atoms with van der Waals surface area (Å²) in [7, 11) is 2.65. The summed E-state index contributed by atoms with van der Waals surface area (Å²) in [6.07, 6.45) is 0. The van der Waals surface area contributed by atoms with Crippen molar-refractivity contribution >= 4 is 11.7 Å². The number of oxime groups is 1. The van der Waals surface area contributed by atoms with Crippen LogP contribution in [0.4, 0.5) is 0 Å². The van der Waals surface area contributed by atoms with Crippen LogP contribution in [-0.2, 0) is 21.0 Å². The molecule has 0 aliphatic heterocycles. The van der Waals surface area contributed by atoms with Crippen molar-refractivity contribution in [3.8, 4) is 11.5 Å². The highest BCUT2D eigenvalue weighted by atomic mass is 16.6. The summed E-state index contributed by atoms with van der Waals surface area (Å²) in [5.74, 6) is 0.233. The molecule has 1 N–H and O–H groups in total. The molecular formula is C18H19NO5. The summed E-state index contributed by atoms with van der Waals surface area (Å²) < 4.78 is 10.6. The number of methoxy groups -OCH3 is 1. The number of phenolic OH excluding ortho intramolecular Hbond substituents is 1. The van der Waals surface area contributed by atoms with Crippen LogP contribution >= 0.6 is 0 Å². The van der Waals surface area contributed by atoms with Gasteiger partial charge in [0.05, 0.1) is 7.11 Å². The van der Waals surface area contributed by atoms with Crippen molar-refractivity contribution in [1.29, 1.82) is 0 Å². The number of aromatic hydroxyl groups is 1. The molecule has 6 nitrogen and oxygen atoms in total. The number of hydrogen-bond acceptors (Lipinski definition) is 6. The number of rotatable bonds is 6. The molecule has 0 amide bonds. The highest BCUT2D eigenvalue weighted by Gasteiger charge is 2.19. The van der Waals surface area contributed by atoms with E-state index in [1.165, 1.54) is 14.2 Å². The predicted octanol–water partition coefficient (Wildman–Crippen LogP) is 2.80. The minimum atomic E-state index is -0.592. The lowest BCUT2D eigenvalue weighted by atomic mass is 10.0. The Kier molecular flexibility index (Phi) is 5.78. The first-order valence-electron chi connectivity index (χ1n) is 7.27. The van der Waals surface area contributed by atoms with Crippen LogP contribution in [0.3, 0.4) is 0 Å². The molecule has 2 aromatic carbocycles. The zero-order valence-corrected chi connectivity index (χ0v) is 13.8. The lowest BCUT2D eigenvalue weighted by Gasteiger charge is -2.13. The third-order valence-electron chi connectivity index (χ3n) is 3.38. The molecule has 6 heteroatoms. The van der Waals surface area contributed by atoms with Gasteiger partial charge in [-0.2, -0.15) is 0 Å². The van der Waals surface area contributed by atoms with Crippen LogP contribution in [0.5, 0.6) is 11.5 Å². The van der Waals surface area contributed by atoms with Gasteiger partial charge in [0.25, 0.3) is 0 Å². The van der Waals surface area contributed by atoms with Crippen LogP contribution < -0.4 is 4.74 Å². The predicted molar refractivity (Wildman–Crippen MR) is 89.2 cm³/mol. The first-order valence-corrected chi connectivity index (χ1v) is 7.27. The van der Waals surface area contributed by atoms with Gasteiger partial charge in [0.1, 0.15) is 25.2 Å². The number of benzene rings is 2. The Balaban J connectivity index is 2.28. The Hall–Kier alpha value is -3.02. The standard InChI is InChI=1S/C18H19NO5/c1-12-10-14(20)8-9-16(12)24-11-13-6-4-5-7-15(13)17(19-23-3)18(21)22-2/h4-10,20H,11H2,1-3H3/b19-17+. The van der Waals surface area contributed by atoms with E-state index in [2.05, 4.69) is 5.16 Å². The number of carbonyl (C=O) groups is 1. The van der Waals surface area contributed by atoms with Crippen LogP contribution in [0, 0.1) is 6.92 Å². The van der Waals surface area contributed by atoms with Crippen LogP contribution in [0.15, 0.2) is 47.6 Å². The minimum Gasteiger partial charge on any atom is -0.508 e. The average molecular weight is 329 g/mol. The van der Waals surface area contributed by atoms with Crippen molar-refractivity contribution in [3.63, 3.8) is 0 Å². The van der Waals surface area contributed by atoms with E-state index in [0.29, 0.717) is 11.3 Å². The molecule has 0 heterocycles. The third-order valence-corrected chi connectivity index (χ3v) is 3.38. The minimum absolute atomic E-state index is 0.0710. The lowest BCUT2D eigenvalue weighted by molar-refractivity contribution is -0.132. The van der Waals surface area contributed by atoms with E-state index >= 15 is 0 Å². The normalized spacial score (nSPS) is 11.0. The molecule has 0 fully saturated rings. The second kappa shape index (κ2) is 8.01. The Morgan fingerprint density at radius 2 is 1.92 bits per heavy atom. The fourth-order valence-corrected chi connectivity index (χ4v) is 2.21. The van der Waals surface area contributed by atoms with Crippen molar-refractivity contribution in [2.24, 2.45) is 5.16 Å². The van der Waals surface area contributed by atoms with Gasteiger partial charge in [0.2, 0.25) is 0 Å². The van der Waals surface area contributed by atoms with E-state index in [0.717, 1.165) is 11.1 Å². The summed E-state index contributed by atoms with van der Waals surface area (Å²) in [5.41, 5.74) is 2.21. The number of esters is 1. The average Bonchev–Trinajstić information content (AvgIpc) is 2.59. The van der Waals surface area contributed by atoms with Gasteiger partial charge in [0, 0.05) is 5.56 Å². The van der Waals surface area contributed by atoms with E-state index in [4.69, 9.17) is 14.3 Å². The molecule has 0 aliphatic carbocycles. The highest BCUT2D eigenvalue weighted by Crippen LogP contribution is 2.24. The van der Waals surface area contributed by atoms with Crippen molar-refractivity contribution < 1.29 is 24.2 Å². The molecule has 0 spiro atoms. The summed E-state index contributed by atoms with van der Waals surface area (Å²) in [6, 6.07) is 12.1. The number of hydrogen-bond donors (Lipinski definition) is 1. The number of phenols is 1. The quantitative estimate of drug-likeness (QED) is 0.501. The van der Waals surface area contributed by atoms with Crippen LogP contribution in [0.25, 0.3) is 0 Å². The van der Waals surface area contributed by atoms with Crippen molar-refractivity contribution in [1.82, 2.24) is 0 Å². The fourth-order valence-electron chi connectivity index (χ4n) is 2.21. The van der Waals surface area contributed by atoms with Crippen molar-refractivity contribution in [2.75, 3.05) is 14.2 Å². The summed E-state index contributed by atoms with van der Waals surface area (Å²) in [5, 5.41) is 13.2. The SMILES string of the molecule is CO/N=C(/C(=O)OC)c1ccccc1COc1ccc(O)cc1C. The molecule has 126 valence electrons. The summed E-state index contributed by atoms with van der Waals surface area (Å²) in [6.45, 7) is 2.06. The van der Waals surface area contributed by atoms with E-state index in [1.807, 2.05) is 19.1 Å². The van der Waals surface area contributed by atoms with Crippen molar-refractivity contribution in [3.05, 3.63) is 59.2 Å². The molecule has 0 aliphatic rings. The Bertz CT molecular complexity index is 755. The van der Waals surface area contributed by atoms with Crippen LogP contribution in [0.2, 0.25) is 0 Å². The van der Waals surface area contributed by atoms with Gasteiger partial charge >= 0.3 is 5.97 Å². The number of ether oxygens (including phenoxy) is 2. The number of carbonyl (C=O) groups excluding carboxylic acids is 1. The first-order chi connectivity index (χ1) is 11.6. The molecule has 2 rings (SSSR count). The van der Waals surface area contributed by atoms with E-state index in [1.54, 1.807) is 30.3 Å². The van der Waals surface area contributed by atoms with Gasteiger partial charge in [-0.1, -0.05) is 29.4 Å². The molecule has 24 heavy (non-hydrogen) atoms. The largest absolute Gasteiger partial charge is 0.508 e. The molecule has 0 radical (unpaired) electrons. The Morgan fingerprint density at radius 1 is 1.17 bits per heavy atom. The maximum absolute atomic E-state index is 11.9. The lowest BCUT2D eigenvalue weighted by Crippen LogP contribution is -2.19. The third kappa shape index (κ3) is 4.04. The molecule has 0 aromatic heterocycles.